The molecular formula is C14H18FN3O. The summed E-state index contributed by atoms with van der Waals surface area (Å²) in [5.41, 5.74) is 6.93. The fourth-order valence-corrected chi connectivity index (χ4v) is 2.01. The number of carbonyl (C=O) groups is 1. The van der Waals surface area contributed by atoms with Gasteiger partial charge in [-0.2, -0.15) is 0 Å². The predicted molar refractivity (Wildman–Crippen MR) is 73.6 cm³/mol. The van der Waals surface area contributed by atoms with Gasteiger partial charge < -0.3 is 16.0 Å². The number of amides is 1. The van der Waals surface area contributed by atoms with Gasteiger partial charge in [-0.1, -0.05) is 6.07 Å². The van der Waals surface area contributed by atoms with E-state index in [9.17, 15) is 9.18 Å². The fourth-order valence-electron chi connectivity index (χ4n) is 2.01. The van der Waals surface area contributed by atoms with Gasteiger partial charge in [0, 0.05) is 28.7 Å². The molecule has 1 heterocycles. The van der Waals surface area contributed by atoms with Crippen LogP contribution in [0.15, 0.2) is 18.2 Å². The van der Waals surface area contributed by atoms with Crippen molar-refractivity contribution in [3.8, 4) is 0 Å². The summed E-state index contributed by atoms with van der Waals surface area (Å²) in [5.74, 6) is -0.716. The van der Waals surface area contributed by atoms with E-state index in [1.54, 1.807) is 19.1 Å². The van der Waals surface area contributed by atoms with E-state index in [2.05, 4.69) is 10.3 Å². The molecule has 2 rings (SSSR count). The highest BCUT2D eigenvalue weighted by Gasteiger charge is 2.20. The molecule has 0 aliphatic heterocycles. The van der Waals surface area contributed by atoms with Crippen LogP contribution in [0.4, 0.5) is 4.39 Å². The molecule has 102 valence electrons. The van der Waals surface area contributed by atoms with Gasteiger partial charge in [-0.15, -0.1) is 0 Å². The van der Waals surface area contributed by atoms with Gasteiger partial charge in [-0.05, 0) is 32.9 Å². The standard InChI is InChI=1S/C14H18FN3O/c1-8-11(13(19)17-7-14(2,3)16)12-9(15)5-4-6-10(12)18-8/h4-6,18H,7,16H2,1-3H3,(H,17,19). The normalized spacial score (nSPS) is 11.8. The van der Waals surface area contributed by atoms with Gasteiger partial charge in [0.15, 0.2) is 0 Å². The van der Waals surface area contributed by atoms with E-state index in [1.807, 2.05) is 13.8 Å². The Morgan fingerprint density at radius 3 is 2.79 bits per heavy atom. The van der Waals surface area contributed by atoms with E-state index in [0.717, 1.165) is 0 Å². The first-order chi connectivity index (χ1) is 8.79. The third-order valence-electron chi connectivity index (χ3n) is 2.89. The van der Waals surface area contributed by atoms with E-state index in [4.69, 9.17) is 5.73 Å². The number of nitrogens with two attached hydrogens (primary N) is 1. The average molecular weight is 263 g/mol. The van der Waals surface area contributed by atoms with Crippen molar-refractivity contribution in [2.24, 2.45) is 5.73 Å². The van der Waals surface area contributed by atoms with Crippen molar-refractivity contribution in [3.63, 3.8) is 0 Å². The number of benzene rings is 1. The molecule has 1 aromatic carbocycles. The van der Waals surface area contributed by atoms with Gasteiger partial charge in [-0.25, -0.2) is 4.39 Å². The van der Waals surface area contributed by atoms with Crippen LogP contribution in [-0.2, 0) is 0 Å². The lowest BCUT2D eigenvalue weighted by atomic mass is 10.1. The minimum atomic E-state index is -0.506. The highest BCUT2D eigenvalue weighted by molar-refractivity contribution is 6.08. The van der Waals surface area contributed by atoms with Crippen LogP contribution in [0.25, 0.3) is 10.9 Å². The third-order valence-corrected chi connectivity index (χ3v) is 2.89. The van der Waals surface area contributed by atoms with Crippen LogP contribution in [0.1, 0.15) is 29.9 Å². The number of aromatic nitrogens is 1. The largest absolute Gasteiger partial charge is 0.358 e. The van der Waals surface area contributed by atoms with Crippen molar-refractivity contribution in [1.29, 1.82) is 0 Å². The molecule has 4 N–H and O–H groups in total. The maximum Gasteiger partial charge on any atom is 0.253 e. The molecular weight excluding hydrogens is 245 g/mol. The molecule has 0 fully saturated rings. The minimum Gasteiger partial charge on any atom is -0.358 e. The molecule has 0 aliphatic carbocycles. The summed E-state index contributed by atoms with van der Waals surface area (Å²) >= 11 is 0. The minimum absolute atomic E-state index is 0.313. The first kappa shape index (κ1) is 13.5. The maximum atomic E-state index is 13.9. The lowest BCUT2D eigenvalue weighted by Crippen LogP contribution is -2.45. The van der Waals surface area contributed by atoms with E-state index in [1.165, 1.54) is 6.07 Å². The van der Waals surface area contributed by atoms with Gasteiger partial charge in [0.1, 0.15) is 5.82 Å². The number of aromatic amines is 1. The van der Waals surface area contributed by atoms with Gasteiger partial charge in [0.05, 0.1) is 5.56 Å². The van der Waals surface area contributed by atoms with Gasteiger partial charge in [-0.3, -0.25) is 4.79 Å². The van der Waals surface area contributed by atoms with Crippen LogP contribution in [0.3, 0.4) is 0 Å². The zero-order valence-electron chi connectivity index (χ0n) is 11.3. The summed E-state index contributed by atoms with van der Waals surface area (Å²) in [7, 11) is 0. The van der Waals surface area contributed by atoms with Crippen LogP contribution in [-0.4, -0.2) is 23.0 Å². The van der Waals surface area contributed by atoms with Crippen LogP contribution in [0.2, 0.25) is 0 Å². The Kier molecular flexibility index (Phi) is 3.32. The highest BCUT2D eigenvalue weighted by atomic mass is 19.1. The molecule has 5 heteroatoms. The zero-order chi connectivity index (χ0) is 14.2. The highest BCUT2D eigenvalue weighted by Crippen LogP contribution is 2.24. The quantitative estimate of drug-likeness (QED) is 0.793. The predicted octanol–water partition coefficient (Wildman–Crippen LogP) is 2.08. The van der Waals surface area contributed by atoms with Crippen LogP contribution in [0.5, 0.6) is 0 Å². The number of carbonyl (C=O) groups excluding carboxylic acids is 1. The topological polar surface area (TPSA) is 70.9 Å². The fraction of sp³-hybridized carbons (Fsp3) is 0.357. The van der Waals surface area contributed by atoms with Crippen molar-refractivity contribution < 1.29 is 9.18 Å². The Morgan fingerprint density at radius 2 is 2.16 bits per heavy atom. The molecule has 0 unspecified atom stereocenters. The molecule has 0 atom stereocenters. The van der Waals surface area contributed by atoms with Crippen molar-refractivity contribution in [2.45, 2.75) is 26.3 Å². The number of aryl methyl sites for hydroxylation is 1. The molecule has 19 heavy (non-hydrogen) atoms. The summed E-state index contributed by atoms with van der Waals surface area (Å²) in [6.45, 7) is 5.71. The molecule has 0 bridgehead atoms. The molecule has 4 nitrogen and oxygen atoms in total. The smallest absolute Gasteiger partial charge is 0.253 e. The molecule has 2 aromatic rings. The lowest BCUT2D eigenvalue weighted by Gasteiger charge is -2.18. The average Bonchev–Trinajstić information content (AvgIpc) is 2.63. The van der Waals surface area contributed by atoms with Crippen molar-refractivity contribution in [2.75, 3.05) is 6.54 Å². The summed E-state index contributed by atoms with van der Waals surface area (Å²) < 4.78 is 13.9. The molecule has 0 aliphatic rings. The second kappa shape index (κ2) is 4.66. The van der Waals surface area contributed by atoms with E-state index >= 15 is 0 Å². The number of hydrogen-bond acceptors (Lipinski definition) is 2. The zero-order valence-corrected chi connectivity index (χ0v) is 11.3. The van der Waals surface area contributed by atoms with E-state index in [-0.39, 0.29) is 5.91 Å². The second-order valence-electron chi connectivity index (χ2n) is 5.46. The summed E-state index contributed by atoms with van der Waals surface area (Å²) in [6, 6.07) is 4.70. The molecule has 0 spiro atoms. The number of H-pyrrole nitrogens is 1. The first-order valence-corrected chi connectivity index (χ1v) is 6.13. The number of nitrogens with one attached hydrogen (secondary N) is 2. The molecule has 0 radical (unpaired) electrons. The Balaban J connectivity index is 2.39. The SMILES string of the molecule is Cc1[nH]c2cccc(F)c2c1C(=O)NCC(C)(C)N. The summed E-state index contributed by atoms with van der Waals surface area (Å²) in [4.78, 5) is 15.2. The van der Waals surface area contributed by atoms with Crippen LogP contribution < -0.4 is 11.1 Å². The Labute approximate surface area is 111 Å². The van der Waals surface area contributed by atoms with Crippen LogP contribution in [0, 0.1) is 12.7 Å². The Hall–Kier alpha value is -1.88. The Morgan fingerprint density at radius 1 is 1.47 bits per heavy atom. The molecule has 0 saturated heterocycles. The van der Waals surface area contributed by atoms with Crippen LogP contribution >= 0.6 is 0 Å². The summed E-state index contributed by atoms with van der Waals surface area (Å²) in [6.07, 6.45) is 0. The van der Waals surface area contributed by atoms with Crippen molar-refractivity contribution in [1.82, 2.24) is 10.3 Å². The van der Waals surface area contributed by atoms with Crippen molar-refractivity contribution in [3.05, 3.63) is 35.3 Å². The lowest BCUT2D eigenvalue weighted by molar-refractivity contribution is 0.0947. The van der Waals surface area contributed by atoms with E-state index < -0.39 is 11.4 Å². The van der Waals surface area contributed by atoms with Gasteiger partial charge >= 0.3 is 0 Å². The second-order valence-corrected chi connectivity index (χ2v) is 5.46. The molecule has 0 saturated carbocycles. The Bertz CT molecular complexity index is 625. The van der Waals surface area contributed by atoms with Crippen molar-refractivity contribution >= 4 is 16.8 Å². The number of hydrogen-bond donors (Lipinski definition) is 3. The van der Waals surface area contributed by atoms with E-state index in [0.29, 0.717) is 28.7 Å². The molecule has 1 amide bonds. The first-order valence-electron chi connectivity index (χ1n) is 6.13. The third kappa shape index (κ3) is 2.76. The number of rotatable bonds is 3. The number of halogens is 1. The monoisotopic (exact) mass is 263 g/mol. The number of fused-ring (bicyclic) bond motifs is 1. The van der Waals surface area contributed by atoms with Gasteiger partial charge in [0.25, 0.3) is 5.91 Å². The van der Waals surface area contributed by atoms with Gasteiger partial charge in [0.2, 0.25) is 0 Å². The summed E-state index contributed by atoms with van der Waals surface area (Å²) in [5, 5.41) is 3.06. The maximum absolute atomic E-state index is 13.9. The molecule has 1 aromatic heterocycles.